The fraction of sp³-hybridized carbons (Fsp3) is 0.538. The van der Waals surface area contributed by atoms with Gasteiger partial charge in [0.15, 0.2) is 0 Å². The first kappa shape index (κ1) is 12.4. The fourth-order valence-electron chi connectivity index (χ4n) is 1.36. The van der Waals surface area contributed by atoms with Crippen LogP contribution in [0.4, 0.5) is 5.69 Å². The monoisotopic (exact) mass is 223 g/mol. The minimum atomic E-state index is 0.805. The number of benzene rings is 1. The molecule has 0 radical (unpaired) electrons. The predicted molar refractivity (Wildman–Crippen MR) is 71.2 cm³/mol. The molecule has 0 atom stereocenters. The van der Waals surface area contributed by atoms with E-state index in [2.05, 4.69) is 26.8 Å². The summed E-state index contributed by atoms with van der Waals surface area (Å²) in [5, 5.41) is 0. The van der Waals surface area contributed by atoms with E-state index in [1.807, 2.05) is 23.9 Å². The average molecular weight is 223 g/mol. The van der Waals surface area contributed by atoms with Gasteiger partial charge in [-0.2, -0.15) is 11.8 Å². The first-order chi connectivity index (χ1) is 7.11. The summed E-state index contributed by atoms with van der Waals surface area (Å²) in [5.74, 6) is 3.13. The Bertz CT molecular complexity index is 307. The maximum atomic E-state index is 5.86. The summed E-state index contributed by atoms with van der Waals surface area (Å²) in [6.07, 6.45) is 1.30. The molecule has 1 aromatic rings. The lowest BCUT2D eigenvalue weighted by Crippen LogP contribution is -1.95. The molecular weight excluding hydrogens is 202 g/mol. The highest BCUT2D eigenvalue weighted by Gasteiger charge is 2.01. The fourth-order valence-corrected chi connectivity index (χ4v) is 2.68. The van der Waals surface area contributed by atoms with Crippen LogP contribution in [0, 0.1) is 12.8 Å². The summed E-state index contributed by atoms with van der Waals surface area (Å²) in [4.78, 5) is 0. The zero-order valence-corrected chi connectivity index (χ0v) is 10.7. The third-order valence-corrected chi connectivity index (χ3v) is 3.62. The lowest BCUT2D eigenvalue weighted by atomic mass is 10.1. The molecule has 84 valence electrons. The second-order valence-electron chi connectivity index (χ2n) is 4.37. The van der Waals surface area contributed by atoms with Crippen molar-refractivity contribution in [2.45, 2.75) is 32.9 Å². The summed E-state index contributed by atoms with van der Waals surface area (Å²) < 4.78 is 0. The van der Waals surface area contributed by atoms with Crippen LogP contribution in [0.25, 0.3) is 0 Å². The van der Waals surface area contributed by atoms with Crippen molar-refractivity contribution in [2.24, 2.45) is 5.92 Å². The van der Waals surface area contributed by atoms with Crippen LogP contribution in [-0.4, -0.2) is 5.75 Å². The number of thioether (sulfide) groups is 1. The molecule has 1 nitrogen and oxygen atoms in total. The molecule has 0 unspecified atom stereocenters. The van der Waals surface area contributed by atoms with E-state index in [-0.39, 0.29) is 0 Å². The lowest BCUT2D eigenvalue weighted by molar-refractivity contribution is 0.632. The van der Waals surface area contributed by atoms with Crippen LogP contribution in [0.5, 0.6) is 0 Å². The number of hydrogen-bond donors (Lipinski definition) is 1. The van der Waals surface area contributed by atoms with E-state index in [9.17, 15) is 0 Å². The van der Waals surface area contributed by atoms with Crippen molar-refractivity contribution in [3.05, 3.63) is 29.3 Å². The Balaban J connectivity index is 2.41. The molecule has 0 saturated carbocycles. The minimum absolute atomic E-state index is 0.805. The van der Waals surface area contributed by atoms with Crippen molar-refractivity contribution >= 4 is 17.4 Å². The number of hydrogen-bond acceptors (Lipinski definition) is 2. The van der Waals surface area contributed by atoms with E-state index in [1.54, 1.807) is 0 Å². The Morgan fingerprint density at radius 3 is 2.73 bits per heavy atom. The van der Waals surface area contributed by atoms with Gasteiger partial charge >= 0.3 is 0 Å². The molecule has 1 rings (SSSR count). The third kappa shape index (κ3) is 4.17. The summed E-state index contributed by atoms with van der Waals surface area (Å²) in [7, 11) is 0. The van der Waals surface area contributed by atoms with Gasteiger partial charge in [-0.1, -0.05) is 26.0 Å². The molecule has 1 aromatic carbocycles. The van der Waals surface area contributed by atoms with Gasteiger partial charge in [-0.25, -0.2) is 0 Å². The largest absolute Gasteiger partial charge is 0.399 e. The van der Waals surface area contributed by atoms with Gasteiger partial charge in [0.1, 0.15) is 0 Å². The molecule has 0 bridgehead atoms. The Hall–Kier alpha value is -0.630. The SMILES string of the molecule is Cc1c(N)cccc1CSCCC(C)C. The topological polar surface area (TPSA) is 26.0 Å². The maximum Gasteiger partial charge on any atom is 0.0346 e. The molecule has 0 saturated heterocycles. The third-order valence-electron chi connectivity index (χ3n) is 2.58. The van der Waals surface area contributed by atoms with Gasteiger partial charge in [0, 0.05) is 11.4 Å². The Morgan fingerprint density at radius 2 is 2.07 bits per heavy atom. The summed E-state index contributed by atoms with van der Waals surface area (Å²) >= 11 is 2.00. The highest BCUT2D eigenvalue weighted by molar-refractivity contribution is 7.98. The smallest absolute Gasteiger partial charge is 0.0346 e. The normalized spacial score (nSPS) is 10.9. The van der Waals surface area contributed by atoms with Crippen LogP contribution >= 0.6 is 11.8 Å². The Labute approximate surface area is 97.4 Å². The highest BCUT2D eigenvalue weighted by atomic mass is 32.2. The van der Waals surface area contributed by atoms with Gasteiger partial charge in [0.05, 0.1) is 0 Å². The van der Waals surface area contributed by atoms with Crippen LogP contribution in [0.1, 0.15) is 31.4 Å². The quantitative estimate of drug-likeness (QED) is 0.606. The molecule has 2 N–H and O–H groups in total. The van der Waals surface area contributed by atoms with Crippen molar-refractivity contribution in [3.63, 3.8) is 0 Å². The molecule has 0 aliphatic carbocycles. The van der Waals surface area contributed by atoms with E-state index in [0.29, 0.717) is 0 Å². The van der Waals surface area contributed by atoms with Crippen molar-refractivity contribution in [1.82, 2.24) is 0 Å². The van der Waals surface area contributed by atoms with Crippen LogP contribution < -0.4 is 5.73 Å². The van der Waals surface area contributed by atoms with Crippen LogP contribution in [0.2, 0.25) is 0 Å². The van der Waals surface area contributed by atoms with Gasteiger partial charge in [-0.15, -0.1) is 0 Å². The second-order valence-corrected chi connectivity index (χ2v) is 5.47. The maximum absolute atomic E-state index is 5.86. The second kappa shape index (κ2) is 6.06. The minimum Gasteiger partial charge on any atom is -0.399 e. The molecule has 0 spiro atoms. The first-order valence-corrected chi connectivity index (χ1v) is 6.68. The molecule has 15 heavy (non-hydrogen) atoms. The average Bonchev–Trinajstić information content (AvgIpc) is 2.18. The number of anilines is 1. The molecule has 0 heterocycles. The number of nitrogens with two attached hydrogens (primary N) is 1. The molecule has 0 aliphatic rings. The van der Waals surface area contributed by atoms with Crippen molar-refractivity contribution in [2.75, 3.05) is 11.5 Å². The summed E-state index contributed by atoms with van der Waals surface area (Å²) in [5.41, 5.74) is 9.40. The number of rotatable bonds is 5. The van der Waals surface area contributed by atoms with Gasteiger partial charge in [-0.3, -0.25) is 0 Å². The predicted octanol–water partition coefficient (Wildman–Crippen LogP) is 3.86. The summed E-state index contributed by atoms with van der Waals surface area (Å²) in [6, 6.07) is 6.19. The van der Waals surface area contributed by atoms with Crippen molar-refractivity contribution < 1.29 is 0 Å². The Morgan fingerprint density at radius 1 is 1.33 bits per heavy atom. The lowest BCUT2D eigenvalue weighted by Gasteiger charge is -2.08. The Kier molecular flexibility index (Phi) is 5.03. The van der Waals surface area contributed by atoms with E-state index in [1.165, 1.54) is 23.3 Å². The van der Waals surface area contributed by atoms with Gasteiger partial charge in [0.25, 0.3) is 0 Å². The number of nitrogen functional groups attached to an aromatic ring is 1. The van der Waals surface area contributed by atoms with E-state index in [4.69, 9.17) is 5.73 Å². The van der Waals surface area contributed by atoms with Gasteiger partial charge in [0.2, 0.25) is 0 Å². The molecule has 0 fully saturated rings. The van der Waals surface area contributed by atoms with E-state index in [0.717, 1.165) is 17.4 Å². The molecule has 0 amide bonds. The van der Waals surface area contributed by atoms with Crippen molar-refractivity contribution in [1.29, 1.82) is 0 Å². The zero-order chi connectivity index (χ0) is 11.3. The highest BCUT2D eigenvalue weighted by Crippen LogP contribution is 2.21. The van der Waals surface area contributed by atoms with Crippen molar-refractivity contribution in [3.8, 4) is 0 Å². The van der Waals surface area contributed by atoms with Crippen LogP contribution in [-0.2, 0) is 5.75 Å². The first-order valence-electron chi connectivity index (χ1n) is 5.53. The molecule has 0 aromatic heterocycles. The van der Waals surface area contributed by atoms with Crippen LogP contribution in [0.3, 0.4) is 0 Å². The summed E-state index contributed by atoms with van der Waals surface area (Å²) in [6.45, 7) is 6.65. The molecule has 2 heteroatoms. The molecule has 0 aliphatic heterocycles. The van der Waals surface area contributed by atoms with Gasteiger partial charge < -0.3 is 5.73 Å². The molecular formula is C13H21NS. The van der Waals surface area contributed by atoms with E-state index < -0.39 is 0 Å². The zero-order valence-electron chi connectivity index (χ0n) is 9.92. The van der Waals surface area contributed by atoms with Gasteiger partial charge in [-0.05, 0) is 42.2 Å². The van der Waals surface area contributed by atoms with E-state index >= 15 is 0 Å². The standard InChI is InChI=1S/C13H21NS/c1-10(2)7-8-15-9-12-5-4-6-13(14)11(12)3/h4-6,10H,7-9,14H2,1-3H3. The van der Waals surface area contributed by atoms with Crippen LogP contribution in [0.15, 0.2) is 18.2 Å².